The molecule has 1 aromatic heterocycles. The summed E-state index contributed by atoms with van der Waals surface area (Å²) in [6.45, 7) is 1.67. The largest absolute Gasteiger partial charge is 0.391 e. The number of hydrogen-bond donors (Lipinski definition) is 2. The summed E-state index contributed by atoms with van der Waals surface area (Å²) in [5.41, 5.74) is 0. The molecule has 2 unspecified atom stereocenters. The predicted molar refractivity (Wildman–Crippen MR) is 84.9 cm³/mol. The van der Waals surface area contributed by atoms with Gasteiger partial charge in [-0.3, -0.25) is 0 Å². The fraction of sp³-hybridized carbons (Fsp3) is 0.692. The molecule has 1 heterocycles. The van der Waals surface area contributed by atoms with Gasteiger partial charge in [0.05, 0.1) is 11.5 Å². The highest BCUT2D eigenvalue weighted by Crippen LogP contribution is 2.30. The summed E-state index contributed by atoms with van der Waals surface area (Å²) >= 11 is 3.07. The number of aliphatic hydroxyl groups is 1. The van der Waals surface area contributed by atoms with Crippen molar-refractivity contribution in [2.75, 3.05) is 6.26 Å². The molecule has 2 atom stereocenters. The Morgan fingerprint density at radius 3 is 2.75 bits per heavy atom. The summed E-state index contributed by atoms with van der Waals surface area (Å²) in [5.74, 6) is 0. The first-order valence-corrected chi connectivity index (χ1v) is 10.3. The molecule has 1 aromatic rings. The Bertz CT molecular complexity index is 553. The van der Waals surface area contributed by atoms with Gasteiger partial charge in [-0.05, 0) is 32.1 Å². The maximum absolute atomic E-state index is 12.5. The normalized spacial score (nSPS) is 23.9. The number of sulfonamides is 1. The molecule has 4 nitrogen and oxygen atoms in total. The molecule has 0 radical (unpaired) electrons. The van der Waals surface area contributed by atoms with E-state index in [1.165, 1.54) is 17.8 Å². The second-order valence-electron chi connectivity index (χ2n) is 5.08. The minimum absolute atomic E-state index is 0.0145. The lowest BCUT2D eigenvalue weighted by atomic mass is 9.96. The molecular formula is C13H21NO3S3. The van der Waals surface area contributed by atoms with Crippen LogP contribution < -0.4 is 4.72 Å². The van der Waals surface area contributed by atoms with Crippen molar-refractivity contribution in [1.29, 1.82) is 0 Å². The van der Waals surface area contributed by atoms with E-state index in [2.05, 4.69) is 4.72 Å². The van der Waals surface area contributed by atoms with E-state index in [4.69, 9.17) is 5.11 Å². The van der Waals surface area contributed by atoms with Crippen molar-refractivity contribution < 1.29 is 13.5 Å². The van der Waals surface area contributed by atoms with E-state index in [0.717, 1.165) is 24.1 Å². The van der Waals surface area contributed by atoms with Crippen LogP contribution in [-0.2, 0) is 16.6 Å². The molecule has 0 saturated heterocycles. The van der Waals surface area contributed by atoms with Gasteiger partial charge in [0.2, 0.25) is 10.0 Å². The first kappa shape index (κ1) is 16.3. The molecule has 1 fully saturated rings. The third kappa shape index (κ3) is 3.57. The third-order valence-electron chi connectivity index (χ3n) is 3.68. The zero-order valence-electron chi connectivity index (χ0n) is 11.8. The molecule has 1 aliphatic carbocycles. The van der Waals surface area contributed by atoms with Gasteiger partial charge in [-0.25, -0.2) is 13.1 Å². The monoisotopic (exact) mass is 335 g/mol. The highest BCUT2D eigenvalue weighted by Gasteiger charge is 2.30. The molecule has 2 rings (SSSR count). The van der Waals surface area contributed by atoms with E-state index in [9.17, 15) is 8.42 Å². The summed E-state index contributed by atoms with van der Waals surface area (Å²) < 4.78 is 27.9. The number of thiophene rings is 1. The number of rotatable bonds is 5. The van der Waals surface area contributed by atoms with Crippen LogP contribution in [0.15, 0.2) is 11.0 Å². The average molecular weight is 336 g/mol. The van der Waals surface area contributed by atoms with Gasteiger partial charge >= 0.3 is 0 Å². The van der Waals surface area contributed by atoms with Gasteiger partial charge in [-0.2, -0.15) is 11.8 Å². The standard InChI is InChI=1S/C13H21NO3S3/c1-9-13(7-10(8-15)19-9)20(16,17)14-11-5-3-4-6-12(11)18-2/h7,11-12,14-15H,3-6,8H2,1-2H3. The van der Waals surface area contributed by atoms with E-state index < -0.39 is 10.0 Å². The summed E-state index contributed by atoms with van der Waals surface area (Å²) in [4.78, 5) is 1.74. The van der Waals surface area contributed by atoms with Crippen LogP contribution in [0.25, 0.3) is 0 Å². The summed E-state index contributed by atoms with van der Waals surface area (Å²) in [6.07, 6.45) is 6.27. The lowest BCUT2D eigenvalue weighted by molar-refractivity contribution is 0.285. The molecule has 0 spiro atoms. The van der Waals surface area contributed by atoms with Crippen molar-refractivity contribution in [3.63, 3.8) is 0 Å². The first-order valence-electron chi connectivity index (χ1n) is 6.73. The SMILES string of the molecule is CSC1CCCCC1NS(=O)(=O)c1cc(CO)sc1C. The third-order valence-corrected chi connectivity index (χ3v) is 7.63. The fourth-order valence-electron chi connectivity index (χ4n) is 2.65. The van der Waals surface area contributed by atoms with Gasteiger partial charge in [0.1, 0.15) is 0 Å². The van der Waals surface area contributed by atoms with Gasteiger partial charge in [-0.1, -0.05) is 12.8 Å². The zero-order chi connectivity index (χ0) is 14.8. The van der Waals surface area contributed by atoms with Crippen molar-refractivity contribution in [2.45, 2.75) is 55.4 Å². The van der Waals surface area contributed by atoms with E-state index in [0.29, 0.717) is 15.0 Å². The Kier molecular flexibility index (Phi) is 5.53. The topological polar surface area (TPSA) is 66.4 Å². The Morgan fingerprint density at radius 1 is 1.45 bits per heavy atom. The number of hydrogen-bond acceptors (Lipinski definition) is 5. The van der Waals surface area contributed by atoms with Crippen molar-refractivity contribution >= 4 is 33.1 Å². The van der Waals surface area contributed by atoms with Crippen LogP contribution in [0.3, 0.4) is 0 Å². The molecule has 0 bridgehead atoms. The minimum Gasteiger partial charge on any atom is -0.391 e. The number of aliphatic hydroxyl groups excluding tert-OH is 1. The van der Waals surface area contributed by atoms with Crippen molar-refractivity contribution in [3.05, 3.63) is 15.8 Å². The Morgan fingerprint density at radius 2 is 2.15 bits per heavy atom. The van der Waals surface area contributed by atoms with Gasteiger partial charge in [0.25, 0.3) is 0 Å². The van der Waals surface area contributed by atoms with Crippen LogP contribution in [0.4, 0.5) is 0 Å². The zero-order valence-corrected chi connectivity index (χ0v) is 14.2. The van der Waals surface area contributed by atoms with Crippen molar-refractivity contribution in [3.8, 4) is 0 Å². The summed E-state index contributed by atoms with van der Waals surface area (Å²) in [5, 5.41) is 9.49. The van der Waals surface area contributed by atoms with Gasteiger partial charge < -0.3 is 5.11 Å². The second-order valence-corrected chi connectivity index (χ2v) is 9.18. The van der Waals surface area contributed by atoms with Gasteiger partial charge in [0, 0.05) is 21.0 Å². The van der Waals surface area contributed by atoms with Crippen LogP contribution in [0.1, 0.15) is 35.4 Å². The number of aryl methyl sites for hydroxylation is 1. The van der Waals surface area contributed by atoms with Crippen molar-refractivity contribution in [2.24, 2.45) is 0 Å². The van der Waals surface area contributed by atoms with Crippen molar-refractivity contribution in [1.82, 2.24) is 4.72 Å². The van der Waals surface area contributed by atoms with Crippen LogP contribution in [0.5, 0.6) is 0 Å². The number of thioether (sulfide) groups is 1. The van der Waals surface area contributed by atoms with E-state index in [1.54, 1.807) is 24.8 Å². The van der Waals surface area contributed by atoms with Crippen LogP contribution in [0.2, 0.25) is 0 Å². The average Bonchev–Trinajstić information content (AvgIpc) is 2.81. The highest BCUT2D eigenvalue weighted by molar-refractivity contribution is 7.99. The molecule has 2 N–H and O–H groups in total. The Labute approximate surface area is 129 Å². The molecule has 0 aliphatic heterocycles. The molecule has 1 saturated carbocycles. The van der Waals surface area contributed by atoms with Gasteiger partial charge in [0.15, 0.2) is 0 Å². The summed E-state index contributed by atoms with van der Waals surface area (Å²) in [6, 6.07) is 1.60. The highest BCUT2D eigenvalue weighted by atomic mass is 32.2. The van der Waals surface area contributed by atoms with E-state index in [-0.39, 0.29) is 12.6 Å². The fourth-order valence-corrected chi connectivity index (χ4v) is 6.47. The lowest BCUT2D eigenvalue weighted by Crippen LogP contribution is -2.43. The van der Waals surface area contributed by atoms with Crippen LogP contribution in [-0.4, -0.2) is 31.1 Å². The van der Waals surface area contributed by atoms with Gasteiger partial charge in [-0.15, -0.1) is 11.3 Å². The molecule has 1 aliphatic rings. The lowest BCUT2D eigenvalue weighted by Gasteiger charge is -2.30. The first-order chi connectivity index (χ1) is 9.47. The Hall–Kier alpha value is -0.0800. The smallest absolute Gasteiger partial charge is 0.241 e. The Balaban J connectivity index is 2.19. The van der Waals surface area contributed by atoms with E-state index >= 15 is 0 Å². The van der Waals surface area contributed by atoms with Crippen LogP contribution >= 0.6 is 23.1 Å². The maximum atomic E-state index is 12.5. The number of nitrogens with one attached hydrogen (secondary N) is 1. The quantitative estimate of drug-likeness (QED) is 0.868. The minimum atomic E-state index is -3.49. The molecule has 7 heteroatoms. The second kappa shape index (κ2) is 6.79. The molecule has 20 heavy (non-hydrogen) atoms. The van der Waals surface area contributed by atoms with Crippen LogP contribution in [0, 0.1) is 6.92 Å². The summed E-state index contributed by atoms with van der Waals surface area (Å²) in [7, 11) is -3.49. The molecular weight excluding hydrogens is 314 g/mol. The molecule has 0 amide bonds. The maximum Gasteiger partial charge on any atom is 0.241 e. The molecule has 114 valence electrons. The predicted octanol–water partition coefficient (Wildman–Crippen LogP) is 2.50. The van der Waals surface area contributed by atoms with E-state index in [1.807, 2.05) is 6.26 Å². The molecule has 0 aromatic carbocycles.